The second kappa shape index (κ2) is 6.42. The Bertz CT molecular complexity index is 912. The van der Waals surface area contributed by atoms with Gasteiger partial charge in [-0.2, -0.15) is 0 Å². The van der Waals surface area contributed by atoms with Crippen LogP contribution < -0.4 is 0 Å². The summed E-state index contributed by atoms with van der Waals surface area (Å²) in [6.45, 7) is 0. The largest absolute Gasteiger partial charge is 0.416 e. The van der Waals surface area contributed by atoms with Crippen LogP contribution in [-0.2, 0) is 10.5 Å². The van der Waals surface area contributed by atoms with E-state index < -0.39 is 5.79 Å². The van der Waals surface area contributed by atoms with Crippen molar-refractivity contribution in [2.45, 2.75) is 5.79 Å². The zero-order valence-corrected chi connectivity index (χ0v) is 13.7. The Kier molecular flexibility index (Phi) is 3.96. The van der Waals surface area contributed by atoms with Gasteiger partial charge in [-0.1, -0.05) is 78.9 Å². The summed E-state index contributed by atoms with van der Waals surface area (Å²) < 4.78 is 6.15. The molecule has 0 saturated heterocycles. The zero-order valence-electron chi connectivity index (χ0n) is 13.7. The van der Waals surface area contributed by atoms with E-state index >= 15 is 0 Å². The van der Waals surface area contributed by atoms with Gasteiger partial charge in [-0.05, 0) is 29.3 Å². The highest BCUT2D eigenvalue weighted by Crippen LogP contribution is 2.39. The predicted octanol–water partition coefficient (Wildman–Crippen LogP) is 4.72. The molecule has 25 heavy (non-hydrogen) atoms. The van der Waals surface area contributed by atoms with Crippen LogP contribution in [0.3, 0.4) is 0 Å². The minimum atomic E-state index is -1.26. The molecule has 0 aromatic heterocycles. The molecule has 2 nitrogen and oxygen atoms in total. The Balaban J connectivity index is 1.85. The van der Waals surface area contributed by atoms with Gasteiger partial charge in [0.15, 0.2) is 0 Å². The lowest BCUT2D eigenvalue weighted by molar-refractivity contribution is -0.123. The molecular formula is C23H19O2+. The first-order valence-corrected chi connectivity index (χ1v) is 8.29. The normalized spacial score (nSPS) is 19.6. The third kappa shape index (κ3) is 3.12. The van der Waals surface area contributed by atoms with E-state index in [-0.39, 0.29) is 0 Å². The van der Waals surface area contributed by atoms with E-state index in [1.54, 1.807) is 0 Å². The van der Waals surface area contributed by atoms with Gasteiger partial charge in [0.2, 0.25) is 0 Å². The third-order valence-corrected chi connectivity index (χ3v) is 4.28. The van der Waals surface area contributed by atoms with Crippen LogP contribution in [0.5, 0.6) is 0 Å². The van der Waals surface area contributed by atoms with Crippen LogP contribution in [0, 0.1) is 0 Å². The summed E-state index contributed by atoms with van der Waals surface area (Å²) in [6, 6.07) is 29.8. The minimum Gasteiger partial charge on any atom is -0.416 e. The first-order chi connectivity index (χ1) is 12.2. The van der Waals surface area contributed by atoms with E-state index in [1.807, 2.05) is 91.0 Å². The smallest absolute Gasteiger partial charge is 0.363 e. The van der Waals surface area contributed by atoms with Crippen molar-refractivity contribution in [1.29, 1.82) is 0 Å². The molecule has 4 rings (SSSR count). The van der Waals surface area contributed by atoms with Crippen molar-refractivity contribution in [2.24, 2.45) is 0 Å². The van der Waals surface area contributed by atoms with E-state index in [4.69, 9.17) is 9.84 Å². The summed E-state index contributed by atoms with van der Waals surface area (Å²) in [5.74, 6) is -0.549. The molecule has 2 heteroatoms. The van der Waals surface area contributed by atoms with Crippen LogP contribution in [-0.4, -0.2) is 5.11 Å². The molecule has 0 saturated carbocycles. The van der Waals surface area contributed by atoms with Crippen molar-refractivity contribution in [1.82, 2.24) is 0 Å². The Hall–Kier alpha value is -3.10. The Morgan fingerprint density at radius 1 is 0.640 bits per heavy atom. The lowest BCUT2D eigenvalue weighted by atomic mass is 9.94. The van der Waals surface area contributed by atoms with E-state index in [0.717, 1.165) is 22.3 Å². The van der Waals surface area contributed by atoms with Crippen molar-refractivity contribution in [2.75, 3.05) is 0 Å². The SMILES string of the molecule is [OH2+]C1(c2ccccc2)C=C(c2ccccc2)C=C(c2ccccc2)O1. The molecule has 1 heterocycles. The molecule has 1 aliphatic heterocycles. The summed E-state index contributed by atoms with van der Waals surface area (Å²) >= 11 is 0. The number of allylic oxidation sites excluding steroid dienone is 2. The van der Waals surface area contributed by atoms with Gasteiger partial charge in [0, 0.05) is 5.56 Å². The molecule has 0 amide bonds. The number of hydrogen-bond donors (Lipinski definition) is 0. The number of benzene rings is 3. The third-order valence-electron chi connectivity index (χ3n) is 4.28. The molecule has 1 unspecified atom stereocenters. The topological polar surface area (TPSA) is 32.1 Å². The molecule has 1 aliphatic rings. The maximum Gasteiger partial charge on any atom is 0.363 e. The van der Waals surface area contributed by atoms with Crippen molar-refractivity contribution in [3.63, 3.8) is 0 Å². The molecule has 2 N–H and O–H groups in total. The van der Waals surface area contributed by atoms with E-state index in [9.17, 15) is 0 Å². The first-order valence-electron chi connectivity index (χ1n) is 8.29. The number of rotatable bonds is 3. The van der Waals surface area contributed by atoms with Gasteiger partial charge in [0.1, 0.15) is 5.76 Å². The van der Waals surface area contributed by atoms with Crippen LogP contribution in [0.25, 0.3) is 11.3 Å². The second-order valence-corrected chi connectivity index (χ2v) is 6.04. The lowest BCUT2D eigenvalue weighted by Gasteiger charge is -2.28. The van der Waals surface area contributed by atoms with Gasteiger partial charge in [-0.3, -0.25) is 0 Å². The van der Waals surface area contributed by atoms with Gasteiger partial charge in [0.05, 0.1) is 11.6 Å². The Labute approximate surface area is 147 Å². The van der Waals surface area contributed by atoms with Crippen LogP contribution in [0.2, 0.25) is 0 Å². The maximum absolute atomic E-state index is 8.98. The van der Waals surface area contributed by atoms with Crippen molar-refractivity contribution < 1.29 is 9.84 Å². The fourth-order valence-electron chi connectivity index (χ4n) is 3.00. The molecule has 0 aliphatic carbocycles. The number of ether oxygens (including phenoxy) is 1. The molecule has 0 bridgehead atoms. The highest BCUT2D eigenvalue weighted by molar-refractivity contribution is 5.84. The van der Waals surface area contributed by atoms with Crippen LogP contribution >= 0.6 is 0 Å². The van der Waals surface area contributed by atoms with Crippen molar-refractivity contribution in [3.8, 4) is 0 Å². The zero-order chi connectivity index (χ0) is 17.1. The highest BCUT2D eigenvalue weighted by atomic mass is 16.6. The van der Waals surface area contributed by atoms with Crippen molar-refractivity contribution in [3.05, 3.63) is 120 Å². The molecule has 0 spiro atoms. The van der Waals surface area contributed by atoms with Gasteiger partial charge in [0.25, 0.3) is 0 Å². The first kappa shape index (κ1) is 15.4. The summed E-state index contributed by atoms with van der Waals surface area (Å²) in [5, 5.41) is 8.98. The molecule has 1 atom stereocenters. The molecule has 0 radical (unpaired) electrons. The van der Waals surface area contributed by atoms with Gasteiger partial charge < -0.3 is 9.84 Å². The summed E-state index contributed by atoms with van der Waals surface area (Å²) in [6.07, 6.45) is 3.89. The Morgan fingerprint density at radius 3 is 1.76 bits per heavy atom. The average Bonchev–Trinajstić information content (AvgIpc) is 2.70. The number of hydrogen-bond acceptors (Lipinski definition) is 1. The van der Waals surface area contributed by atoms with Crippen LogP contribution in [0.4, 0.5) is 0 Å². The fraction of sp³-hybridized carbons (Fsp3) is 0.0435. The molecule has 0 fully saturated rings. The second-order valence-electron chi connectivity index (χ2n) is 6.04. The van der Waals surface area contributed by atoms with E-state index in [0.29, 0.717) is 5.76 Å². The maximum atomic E-state index is 8.98. The van der Waals surface area contributed by atoms with E-state index in [1.165, 1.54) is 0 Å². The fourth-order valence-corrected chi connectivity index (χ4v) is 3.00. The summed E-state index contributed by atoms with van der Waals surface area (Å²) in [5.41, 5.74) is 3.85. The van der Waals surface area contributed by atoms with E-state index in [2.05, 4.69) is 12.1 Å². The average molecular weight is 327 g/mol. The van der Waals surface area contributed by atoms with Gasteiger partial charge in [-0.15, -0.1) is 0 Å². The lowest BCUT2D eigenvalue weighted by Crippen LogP contribution is -2.28. The highest BCUT2D eigenvalue weighted by Gasteiger charge is 2.39. The predicted molar refractivity (Wildman–Crippen MR) is 102 cm³/mol. The molecule has 3 aromatic carbocycles. The molecule has 122 valence electrons. The van der Waals surface area contributed by atoms with Crippen molar-refractivity contribution >= 4 is 11.3 Å². The van der Waals surface area contributed by atoms with Gasteiger partial charge >= 0.3 is 5.79 Å². The standard InChI is InChI=1S/C23H18O2/c24-23(21-14-8-3-9-15-21)17-20(18-10-4-1-5-11-18)16-22(25-23)19-12-6-2-7-13-19/h1-17,24H/p+1. The summed E-state index contributed by atoms with van der Waals surface area (Å²) in [7, 11) is 0. The minimum absolute atomic E-state index is 0.709. The van der Waals surface area contributed by atoms with Crippen LogP contribution in [0.15, 0.2) is 103 Å². The summed E-state index contributed by atoms with van der Waals surface area (Å²) in [4.78, 5) is 0. The monoisotopic (exact) mass is 327 g/mol. The quantitative estimate of drug-likeness (QED) is 0.641. The Morgan fingerprint density at radius 2 is 1.16 bits per heavy atom. The van der Waals surface area contributed by atoms with Crippen LogP contribution in [0.1, 0.15) is 16.7 Å². The molecular weight excluding hydrogens is 308 g/mol. The molecule has 3 aromatic rings. The van der Waals surface area contributed by atoms with Gasteiger partial charge in [-0.25, -0.2) is 0 Å².